The Labute approximate surface area is 250 Å². The first-order valence-corrected chi connectivity index (χ1v) is 15.9. The number of nitrogens with zero attached hydrogens (tertiary/aromatic N) is 2. The molecule has 1 aliphatic rings. The fourth-order valence-electron chi connectivity index (χ4n) is 4.99. The maximum atomic E-state index is 14.1. The maximum absolute atomic E-state index is 14.1. The molecule has 3 aromatic rings. The molecule has 10 heteroatoms. The highest BCUT2D eigenvalue weighted by atomic mass is 79.9. The van der Waals surface area contributed by atoms with Crippen LogP contribution in [-0.2, 0) is 26.2 Å². The number of amides is 2. The number of para-hydroxylation sites is 2. The summed E-state index contributed by atoms with van der Waals surface area (Å²) >= 11 is 3.47. The molecule has 218 valence electrons. The second-order valence-corrected chi connectivity index (χ2v) is 13.1. The standard InChI is InChI=1S/C31H36BrN3O5S/c1-22-15-17-27(18-16-22)41(38,39)35(28-13-6-7-14-29(28)40-3)21-30(36)34(20-24-9-8-10-25(32)19-24)23(2)31(37)33-26-11-4-5-12-26/h6-10,13-19,23,26H,4-5,11-12,20-21H2,1-3H3,(H,33,37)/t23-/m1/s1. The van der Waals surface area contributed by atoms with Crippen LogP contribution in [0, 0.1) is 6.92 Å². The van der Waals surface area contributed by atoms with E-state index < -0.39 is 28.5 Å². The van der Waals surface area contributed by atoms with Gasteiger partial charge in [-0.25, -0.2) is 8.42 Å². The molecule has 1 aliphatic carbocycles. The zero-order chi connectivity index (χ0) is 29.6. The summed E-state index contributed by atoms with van der Waals surface area (Å²) in [6.07, 6.45) is 3.94. The van der Waals surface area contributed by atoms with Crippen LogP contribution < -0.4 is 14.4 Å². The molecular weight excluding hydrogens is 606 g/mol. The van der Waals surface area contributed by atoms with Gasteiger partial charge in [0, 0.05) is 17.1 Å². The number of methoxy groups -OCH3 is 1. The molecule has 0 heterocycles. The molecule has 2 amide bonds. The van der Waals surface area contributed by atoms with Crippen molar-refractivity contribution >= 4 is 43.5 Å². The van der Waals surface area contributed by atoms with Gasteiger partial charge in [-0.2, -0.15) is 0 Å². The second-order valence-electron chi connectivity index (χ2n) is 10.3. The van der Waals surface area contributed by atoms with Crippen LogP contribution in [0.15, 0.2) is 82.2 Å². The van der Waals surface area contributed by atoms with Crippen LogP contribution in [0.5, 0.6) is 5.75 Å². The Morgan fingerprint density at radius 1 is 1.02 bits per heavy atom. The lowest BCUT2D eigenvalue weighted by molar-refractivity contribution is -0.139. The highest BCUT2D eigenvalue weighted by molar-refractivity contribution is 9.10. The molecule has 41 heavy (non-hydrogen) atoms. The fourth-order valence-corrected chi connectivity index (χ4v) is 6.86. The molecule has 8 nitrogen and oxygen atoms in total. The van der Waals surface area contributed by atoms with Crippen LogP contribution in [0.2, 0.25) is 0 Å². The molecular formula is C31H36BrN3O5S. The molecule has 0 spiro atoms. The molecule has 4 rings (SSSR count). The summed E-state index contributed by atoms with van der Waals surface area (Å²) in [6.45, 7) is 3.16. The number of ether oxygens (including phenoxy) is 1. The molecule has 1 saturated carbocycles. The summed E-state index contributed by atoms with van der Waals surface area (Å²) in [4.78, 5) is 29.0. The molecule has 1 fully saturated rings. The van der Waals surface area contributed by atoms with Crippen molar-refractivity contribution in [2.24, 2.45) is 0 Å². The van der Waals surface area contributed by atoms with Gasteiger partial charge < -0.3 is 15.0 Å². The number of hydrogen-bond acceptors (Lipinski definition) is 5. The predicted molar refractivity (Wildman–Crippen MR) is 163 cm³/mol. The molecule has 1 atom stereocenters. The van der Waals surface area contributed by atoms with E-state index in [4.69, 9.17) is 4.74 Å². The van der Waals surface area contributed by atoms with Gasteiger partial charge in [0.05, 0.1) is 17.7 Å². The topological polar surface area (TPSA) is 96.0 Å². The van der Waals surface area contributed by atoms with Crippen molar-refractivity contribution < 1.29 is 22.7 Å². The Morgan fingerprint density at radius 3 is 2.37 bits per heavy atom. The van der Waals surface area contributed by atoms with E-state index in [9.17, 15) is 18.0 Å². The summed E-state index contributed by atoms with van der Waals surface area (Å²) in [5.41, 5.74) is 1.94. The van der Waals surface area contributed by atoms with Gasteiger partial charge in [-0.3, -0.25) is 13.9 Å². The maximum Gasteiger partial charge on any atom is 0.264 e. The van der Waals surface area contributed by atoms with Crippen LogP contribution in [0.1, 0.15) is 43.7 Å². The first kappa shape index (κ1) is 30.6. The Kier molecular flexibility index (Phi) is 10.1. The second kappa shape index (κ2) is 13.5. The van der Waals surface area contributed by atoms with Crippen LogP contribution in [0.3, 0.4) is 0 Å². The van der Waals surface area contributed by atoms with E-state index in [1.54, 1.807) is 43.3 Å². The van der Waals surface area contributed by atoms with Crippen molar-refractivity contribution in [2.75, 3.05) is 18.0 Å². The Morgan fingerprint density at radius 2 is 1.71 bits per heavy atom. The van der Waals surface area contributed by atoms with Crippen molar-refractivity contribution in [2.45, 2.75) is 63.1 Å². The summed E-state index contributed by atoms with van der Waals surface area (Å²) in [5, 5.41) is 3.08. The molecule has 3 aromatic carbocycles. The summed E-state index contributed by atoms with van der Waals surface area (Å²) in [5.74, 6) is -0.465. The van der Waals surface area contributed by atoms with Crippen molar-refractivity contribution in [3.05, 3.63) is 88.4 Å². The third-order valence-corrected chi connectivity index (χ3v) is 9.62. The van der Waals surface area contributed by atoms with Gasteiger partial charge in [-0.05, 0) is 68.7 Å². The summed E-state index contributed by atoms with van der Waals surface area (Å²) < 4.78 is 35.4. The fraction of sp³-hybridized carbons (Fsp3) is 0.355. The monoisotopic (exact) mass is 641 g/mol. The lowest BCUT2D eigenvalue weighted by atomic mass is 10.1. The Hall–Kier alpha value is -3.37. The predicted octanol–water partition coefficient (Wildman–Crippen LogP) is 5.44. The van der Waals surface area contributed by atoms with Crippen molar-refractivity contribution in [3.8, 4) is 5.75 Å². The van der Waals surface area contributed by atoms with Gasteiger partial charge in [0.1, 0.15) is 18.3 Å². The van der Waals surface area contributed by atoms with E-state index in [1.165, 1.54) is 24.1 Å². The average molecular weight is 643 g/mol. The molecule has 0 bridgehead atoms. The van der Waals surface area contributed by atoms with Gasteiger partial charge in [0.2, 0.25) is 11.8 Å². The lowest BCUT2D eigenvalue weighted by Crippen LogP contribution is -2.52. The number of rotatable bonds is 11. The number of halogens is 1. The zero-order valence-corrected chi connectivity index (χ0v) is 25.9. The number of nitrogens with one attached hydrogen (secondary N) is 1. The highest BCUT2D eigenvalue weighted by Gasteiger charge is 2.34. The Bertz CT molecular complexity index is 1470. The molecule has 0 aliphatic heterocycles. The molecule has 1 N–H and O–H groups in total. The van der Waals surface area contributed by atoms with E-state index in [1.807, 2.05) is 31.2 Å². The van der Waals surface area contributed by atoms with Crippen LogP contribution in [0.25, 0.3) is 0 Å². The Balaban J connectivity index is 1.71. The van der Waals surface area contributed by atoms with E-state index in [2.05, 4.69) is 21.2 Å². The lowest BCUT2D eigenvalue weighted by Gasteiger charge is -2.33. The number of sulfonamides is 1. The van der Waals surface area contributed by atoms with E-state index in [0.717, 1.165) is 45.6 Å². The van der Waals surface area contributed by atoms with E-state index >= 15 is 0 Å². The number of anilines is 1. The third kappa shape index (κ3) is 7.48. The third-order valence-electron chi connectivity index (χ3n) is 7.35. The number of carbonyl (C=O) groups excluding carboxylic acids is 2. The van der Waals surface area contributed by atoms with Crippen LogP contribution >= 0.6 is 15.9 Å². The largest absolute Gasteiger partial charge is 0.495 e. The number of benzene rings is 3. The van der Waals surface area contributed by atoms with Gasteiger partial charge in [0.25, 0.3) is 10.0 Å². The van der Waals surface area contributed by atoms with Gasteiger partial charge in [-0.15, -0.1) is 0 Å². The zero-order valence-electron chi connectivity index (χ0n) is 23.5. The minimum atomic E-state index is -4.18. The SMILES string of the molecule is COc1ccccc1N(CC(=O)N(Cc1cccc(Br)c1)[C@H](C)C(=O)NC1CCCC1)S(=O)(=O)c1ccc(C)cc1. The number of hydrogen-bond donors (Lipinski definition) is 1. The van der Waals surface area contributed by atoms with Crippen LogP contribution in [0.4, 0.5) is 5.69 Å². The first-order valence-electron chi connectivity index (χ1n) is 13.7. The first-order chi connectivity index (χ1) is 19.6. The van der Waals surface area contributed by atoms with E-state index in [-0.39, 0.29) is 29.1 Å². The van der Waals surface area contributed by atoms with Gasteiger partial charge in [-0.1, -0.05) is 70.7 Å². The smallest absolute Gasteiger partial charge is 0.264 e. The van der Waals surface area contributed by atoms with Crippen LogP contribution in [-0.4, -0.2) is 50.9 Å². The van der Waals surface area contributed by atoms with Crippen molar-refractivity contribution in [1.29, 1.82) is 0 Å². The minimum Gasteiger partial charge on any atom is -0.495 e. The minimum absolute atomic E-state index is 0.0485. The normalized spacial score (nSPS) is 14.3. The highest BCUT2D eigenvalue weighted by Crippen LogP contribution is 2.32. The molecule has 0 saturated heterocycles. The van der Waals surface area contributed by atoms with Gasteiger partial charge >= 0.3 is 0 Å². The number of aryl methyl sites for hydroxylation is 1. The quantitative estimate of drug-likeness (QED) is 0.301. The van der Waals surface area contributed by atoms with Crippen molar-refractivity contribution in [1.82, 2.24) is 10.2 Å². The van der Waals surface area contributed by atoms with Crippen molar-refractivity contribution in [3.63, 3.8) is 0 Å². The molecule has 0 aromatic heterocycles. The summed E-state index contributed by atoms with van der Waals surface area (Å²) in [6, 6.07) is 19.9. The molecule has 0 unspecified atom stereocenters. The van der Waals surface area contributed by atoms with E-state index in [0.29, 0.717) is 5.75 Å². The summed E-state index contributed by atoms with van der Waals surface area (Å²) in [7, 11) is -2.73. The average Bonchev–Trinajstić information content (AvgIpc) is 3.47. The van der Waals surface area contributed by atoms with Gasteiger partial charge in [0.15, 0.2) is 0 Å². The molecule has 0 radical (unpaired) electrons. The number of carbonyl (C=O) groups is 2.